The van der Waals surface area contributed by atoms with Gasteiger partial charge in [-0.3, -0.25) is 4.68 Å². The van der Waals surface area contributed by atoms with Crippen molar-refractivity contribution in [2.24, 2.45) is 10.9 Å². The third kappa shape index (κ3) is 5.30. The highest BCUT2D eigenvalue weighted by atomic mass is 16.4. The molecule has 0 fully saturated rings. The molecule has 0 bridgehead atoms. The molecular weight excluding hydrogens is 242 g/mol. The van der Waals surface area contributed by atoms with E-state index in [1.54, 1.807) is 0 Å². The summed E-state index contributed by atoms with van der Waals surface area (Å²) in [6, 6.07) is 2.34. The van der Waals surface area contributed by atoms with Gasteiger partial charge in [-0.25, -0.2) is 0 Å². The van der Waals surface area contributed by atoms with E-state index in [0.29, 0.717) is 6.42 Å². The normalized spacial score (nSPS) is 13.7. The van der Waals surface area contributed by atoms with Gasteiger partial charge in [0.05, 0.1) is 5.69 Å². The molecule has 108 valence electrons. The first-order chi connectivity index (χ1) is 9.06. The summed E-state index contributed by atoms with van der Waals surface area (Å²) in [5.41, 5.74) is 7.77. The minimum absolute atomic E-state index is 0.261. The zero-order chi connectivity index (χ0) is 14.3. The number of nitrogens with two attached hydrogens (primary N) is 1. The molecule has 1 heterocycles. The molecule has 6 heteroatoms. The Hall–Kier alpha value is -1.56. The number of nitrogens with one attached hydrogen (secondary N) is 1. The number of aryl methyl sites for hydroxylation is 3. The largest absolute Gasteiger partial charge is 0.409 e. The Kier molecular flexibility index (Phi) is 6.35. The van der Waals surface area contributed by atoms with Crippen LogP contribution in [0.3, 0.4) is 0 Å². The van der Waals surface area contributed by atoms with Gasteiger partial charge in [0.15, 0.2) is 0 Å². The van der Waals surface area contributed by atoms with E-state index in [-0.39, 0.29) is 11.9 Å². The lowest BCUT2D eigenvalue weighted by molar-refractivity contribution is 0.315. The van der Waals surface area contributed by atoms with Crippen molar-refractivity contribution in [2.45, 2.75) is 52.6 Å². The van der Waals surface area contributed by atoms with Gasteiger partial charge in [0, 0.05) is 24.7 Å². The van der Waals surface area contributed by atoms with Crippen LogP contribution in [0.15, 0.2) is 11.2 Å². The predicted octanol–water partition coefficient (Wildman–Crippen LogP) is 1.39. The van der Waals surface area contributed by atoms with Crippen molar-refractivity contribution < 1.29 is 5.21 Å². The molecule has 1 unspecified atom stereocenters. The van der Waals surface area contributed by atoms with Crippen LogP contribution in [0, 0.1) is 13.8 Å². The molecule has 0 amide bonds. The van der Waals surface area contributed by atoms with Crippen LogP contribution >= 0.6 is 0 Å². The van der Waals surface area contributed by atoms with Gasteiger partial charge in [0.25, 0.3) is 0 Å². The quantitative estimate of drug-likeness (QED) is 0.218. The van der Waals surface area contributed by atoms with E-state index in [1.165, 1.54) is 5.69 Å². The first-order valence-corrected chi connectivity index (χ1v) is 6.77. The lowest BCUT2D eigenvalue weighted by Gasteiger charge is -2.16. The number of aromatic nitrogens is 2. The SMILES string of the molecule is CCC(C/C(N)=N/O)NCCCn1nc(C)cc1C. The molecule has 4 N–H and O–H groups in total. The van der Waals surface area contributed by atoms with Crippen molar-refractivity contribution in [1.82, 2.24) is 15.1 Å². The monoisotopic (exact) mass is 267 g/mol. The summed E-state index contributed by atoms with van der Waals surface area (Å²) in [7, 11) is 0. The van der Waals surface area contributed by atoms with Crippen molar-refractivity contribution in [3.63, 3.8) is 0 Å². The Labute approximate surface area is 114 Å². The van der Waals surface area contributed by atoms with E-state index in [9.17, 15) is 0 Å². The zero-order valence-corrected chi connectivity index (χ0v) is 12.1. The number of rotatable bonds is 8. The van der Waals surface area contributed by atoms with Crippen molar-refractivity contribution in [1.29, 1.82) is 0 Å². The smallest absolute Gasteiger partial charge is 0.140 e. The summed E-state index contributed by atoms with van der Waals surface area (Å²) < 4.78 is 2.03. The van der Waals surface area contributed by atoms with E-state index >= 15 is 0 Å². The van der Waals surface area contributed by atoms with Gasteiger partial charge < -0.3 is 16.3 Å². The van der Waals surface area contributed by atoms with Gasteiger partial charge in [0.2, 0.25) is 0 Å². The summed E-state index contributed by atoms with van der Waals surface area (Å²) in [5.74, 6) is 0.276. The minimum atomic E-state index is 0.261. The lowest BCUT2D eigenvalue weighted by atomic mass is 10.1. The summed E-state index contributed by atoms with van der Waals surface area (Å²) in [5, 5.41) is 19.4. The number of oxime groups is 1. The molecule has 1 aromatic heterocycles. The van der Waals surface area contributed by atoms with Gasteiger partial charge in [-0.2, -0.15) is 5.10 Å². The second-order valence-electron chi connectivity index (χ2n) is 4.86. The number of nitrogens with zero attached hydrogens (tertiary/aromatic N) is 3. The average molecular weight is 267 g/mol. The maximum absolute atomic E-state index is 8.56. The van der Waals surface area contributed by atoms with E-state index < -0.39 is 0 Å². The molecule has 0 saturated heterocycles. The first-order valence-electron chi connectivity index (χ1n) is 6.77. The fourth-order valence-corrected chi connectivity index (χ4v) is 2.09. The molecule has 1 atom stereocenters. The highest BCUT2D eigenvalue weighted by Gasteiger charge is 2.08. The maximum Gasteiger partial charge on any atom is 0.140 e. The molecule has 1 rings (SSSR count). The molecule has 0 aliphatic heterocycles. The van der Waals surface area contributed by atoms with Crippen molar-refractivity contribution in [3.8, 4) is 0 Å². The Morgan fingerprint density at radius 2 is 2.32 bits per heavy atom. The maximum atomic E-state index is 8.56. The lowest BCUT2D eigenvalue weighted by Crippen LogP contribution is -2.34. The Morgan fingerprint density at radius 3 is 2.84 bits per heavy atom. The summed E-state index contributed by atoms with van der Waals surface area (Å²) in [6.45, 7) is 7.97. The minimum Gasteiger partial charge on any atom is -0.409 e. The highest BCUT2D eigenvalue weighted by Crippen LogP contribution is 2.03. The molecule has 0 aliphatic rings. The second kappa shape index (κ2) is 7.78. The van der Waals surface area contributed by atoms with Gasteiger partial charge in [-0.15, -0.1) is 0 Å². The van der Waals surface area contributed by atoms with E-state index in [0.717, 1.165) is 31.6 Å². The van der Waals surface area contributed by atoms with Crippen LogP contribution in [0.2, 0.25) is 0 Å². The Morgan fingerprint density at radius 1 is 1.58 bits per heavy atom. The zero-order valence-electron chi connectivity index (χ0n) is 12.1. The van der Waals surface area contributed by atoms with Crippen LogP contribution < -0.4 is 11.1 Å². The van der Waals surface area contributed by atoms with E-state index in [4.69, 9.17) is 10.9 Å². The highest BCUT2D eigenvalue weighted by molar-refractivity contribution is 5.80. The third-order valence-corrected chi connectivity index (χ3v) is 3.16. The van der Waals surface area contributed by atoms with Crippen LogP contribution in [0.5, 0.6) is 0 Å². The molecule has 1 aromatic rings. The van der Waals surface area contributed by atoms with Crippen LogP contribution in [0.25, 0.3) is 0 Å². The van der Waals surface area contributed by atoms with Crippen molar-refractivity contribution in [2.75, 3.05) is 6.54 Å². The van der Waals surface area contributed by atoms with Crippen LogP contribution in [-0.2, 0) is 6.54 Å². The van der Waals surface area contributed by atoms with Gasteiger partial charge in [0.1, 0.15) is 5.84 Å². The second-order valence-corrected chi connectivity index (χ2v) is 4.86. The average Bonchev–Trinajstić information content (AvgIpc) is 2.71. The predicted molar refractivity (Wildman–Crippen MR) is 76.4 cm³/mol. The Balaban J connectivity index is 2.27. The molecule has 0 spiro atoms. The molecule has 0 aromatic carbocycles. The van der Waals surface area contributed by atoms with E-state index in [1.807, 2.05) is 11.6 Å². The van der Waals surface area contributed by atoms with E-state index in [2.05, 4.69) is 35.5 Å². The van der Waals surface area contributed by atoms with Crippen LogP contribution in [-0.4, -0.2) is 33.4 Å². The first kappa shape index (κ1) is 15.5. The van der Waals surface area contributed by atoms with Gasteiger partial charge >= 0.3 is 0 Å². The molecule has 0 saturated carbocycles. The molecule has 0 aliphatic carbocycles. The van der Waals surface area contributed by atoms with Gasteiger partial charge in [-0.05, 0) is 39.3 Å². The fraction of sp³-hybridized carbons (Fsp3) is 0.692. The number of hydrogen-bond donors (Lipinski definition) is 3. The molecule has 6 nitrogen and oxygen atoms in total. The number of hydrogen-bond acceptors (Lipinski definition) is 4. The summed E-state index contributed by atoms with van der Waals surface area (Å²) in [4.78, 5) is 0. The molecular formula is C13H25N5O. The van der Waals surface area contributed by atoms with Crippen LogP contribution in [0.1, 0.15) is 37.6 Å². The standard InChI is InChI=1S/C13H25N5O/c1-4-12(9-13(14)17-19)15-6-5-7-18-11(3)8-10(2)16-18/h8,12,15,19H,4-7,9H2,1-3H3,(H2,14,17). The van der Waals surface area contributed by atoms with Crippen molar-refractivity contribution >= 4 is 5.84 Å². The fourth-order valence-electron chi connectivity index (χ4n) is 2.09. The summed E-state index contributed by atoms with van der Waals surface area (Å²) >= 11 is 0. The number of amidine groups is 1. The topological polar surface area (TPSA) is 88.5 Å². The Bertz CT molecular complexity index is 413. The summed E-state index contributed by atoms with van der Waals surface area (Å²) in [6.07, 6.45) is 2.54. The molecule has 0 radical (unpaired) electrons. The van der Waals surface area contributed by atoms with Crippen molar-refractivity contribution in [3.05, 3.63) is 17.5 Å². The molecule has 19 heavy (non-hydrogen) atoms. The van der Waals surface area contributed by atoms with Gasteiger partial charge in [-0.1, -0.05) is 12.1 Å². The van der Waals surface area contributed by atoms with Crippen LogP contribution in [0.4, 0.5) is 0 Å². The third-order valence-electron chi connectivity index (χ3n) is 3.16.